The predicted molar refractivity (Wildman–Crippen MR) is 92.5 cm³/mol. The molecule has 0 radical (unpaired) electrons. The number of rotatable bonds is 3. The summed E-state index contributed by atoms with van der Waals surface area (Å²) >= 11 is 0. The Hall–Kier alpha value is -2.38. The second kappa shape index (κ2) is 6.39. The van der Waals surface area contributed by atoms with Crippen LogP contribution >= 0.6 is 0 Å². The van der Waals surface area contributed by atoms with Crippen LogP contribution in [-0.2, 0) is 15.3 Å². The lowest BCUT2D eigenvalue weighted by molar-refractivity contribution is 0.590. The highest BCUT2D eigenvalue weighted by Crippen LogP contribution is 2.23. The van der Waals surface area contributed by atoms with Crippen LogP contribution in [0.3, 0.4) is 0 Å². The summed E-state index contributed by atoms with van der Waals surface area (Å²) in [4.78, 5) is 0.180. The Kier molecular flexibility index (Phi) is 4.72. The first-order valence-corrected chi connectivity index (χ1v) is 8.81. The highest BCUT2D eigenvalue weighted by Gasteiger charge is 2.13. The number of benzene rings is 2. The second-order valence-electron chi connectivity index (χ2n) is 6.36. The smallest absolute Gasteiger partial charge is 0.199 e. The lowest BCUT2D eigenvalue weighted by Crippen LogP contribution is -2.10. The van der Waals surface area contributed by atoms with E-state index in [1.165, 1.54) is 35.2 Å². The van der Waals surface area contributed by atoms with Gasteiger partial charge in [0.2, 0.25) is 0 Å². The molecule has 118 valence electrons. The van der Waals surface area contributed by atoms with E-state index < -0.39 is 9.84 Å². The minimum atomic E-state index is -3.51. The van der Waals surface area contributed by atoms with Crippen LogP contribution in [0.1, 0.15) is 37.5 Å². The van der Waals surface area contributed by atoms with Crippen molar-refractivity contribution in [1.82, 2.24) is 0 Å². The van der Waals surface area contributed by atoms with E-state index in [0.29, 0.717) is 5.56 Å². The monoisotopic (exact) mass is 325 g/mol. The summed E-state index contributed by atoms with van der Waals surface area (Å²) in [5.74, 6) is 0. The molecule has 0 aliphatic rings. The van der Waals surface area contributed by atoms with Gasteiger partial charge in [0, 0.05) is 5.41 Å². The molecule has 0 aliphatic heterocycles. The number of hydrogen-bond donors (Lipinski definition) is 0. The van der Waals surface area contributed by atoms with Gasteiger partial charge >= 0.3 is 0 Å². The first-order valence-electron chi connectivity index (χ1n) is 7.26. The number of nitriles is 1. The van der Waals surface area contributed by atoms with Crippen LogP contribution in [0.2, 0.25) is 0 Å². The van der Waals surface area contributed by atoms with Crippen molar-refractivity contribution >= 4 is 15.9 Å². The van der Waals surface area contributed by atoms with Crippen molar-refractivity contribution in [2.75, 3.05) is 0 Å². The molecule has 0 unspecified atom stereocenters. The molecule has 23 heavy (non-hydrogen) atoms. The summed E-state index contributed by atoms with van der Waals surface area (Å²) in [5, 5.41) is 9.94. The Morgan fingerprint density at radius 2 is 1.52 bits per heavy atom. The molecule has 2 aromatic carbocycles. The molecule has 0 amide bonds. The van der Waals surface area contributed by atoms with E-state index in [9.17, 15) is 8.42 Å². The van der Waals surface area contributed by atoms with Gasteiger partial charge in [-0.05, 0) is 46.9 Å². The summed E-state index contributed by atoms with van der Waals surface area (Å²) in [6.45, 7) is 6.40. The molecule has 0 aromatic heterocycles. The highest BCUT2D eigenvalue weighted by molar-refractivity contribution is 7.94. The minimum absolute atomic E-state index is 0.0663. The quantitative estimate of drug-likeness (QED) is 0.845. The van der Waals surface area contributed by atoms with Gasteiger partial charge in [0.1, 0.15) is 0 Å². The molecule has 2 rings (SSSR count). The van der Waals surface area contributed by atoms with Crippen molar-refractivity contribution in [3.8, 4) is 6.07 Å². The Morgan fingerprint density at radius 3 is 2.00 bits per heavy atom. The zero-order chi connectivity index (χ0) is 17.1. The second-order valence-corrected chi connectivity index (χ2v) is 8.19. The molecule has 2 aromatic rings. The minimum Gasteiger partial charge on any atom is -0.219 e. The van der Waals surface area contributed by atoms with Crippen LogP contribution in [0.25, 0.3) is 6.08 Å². The van der Waals surface area contributed by atoms with Gasteiger partial charge in [-0.25, -0.2) is 8.42 Å². The Balaban J connectivity index is 2.22. The molecule has 4 heteroatoms. The molecule has 0 fully saturated rings. The van der Waals surface area contributed by atoms with Gasteiger partial charge in [0.25, 0.3) is 0 Å². The molecule has 0 bridgehead atoms. The third-order valence-corrected chi connectivity index (χ3v) is 4.95. The van der Waals surface area contributed by atoms with Crippen LogP contribution in [0.4, 0.5) is 0 Å². The van der Waals surface area contributed by atoms with E-state index in [-0.39, 0.29) is 10.3 Å². The van der Waals surface area contributed by atoms with Crippen LogP contribution in [0, 0.1) is 11.3 Å². The lowest BCUT2D eigenvalue weighted by atomic mass is 9.87. The Bertz CT molecular complexity index is 848. The fraction of sp³-hybridized carbons (Fsp3) is 0.211. The SMILES string of the molecule is CC(C)(C)c1ccc(C=CS(=O)(=O)c2ccc(C#N)cc2)cc1. The molecule has 0 atom stereocenters. The molecule has 0 saturated heterocycles. The molecular weight excluding hydrogens is 306 g/mol. The highest BCUT2D eigenvalue weighted by atomic mass is 32.2. The molecular formula is C19H19NO2S. The zero-order valence-corrected chi connectivity index (χ0v) is 14.3. The standard InChI is InChI=1S/C19H19NO2S/c1-19(2,3)17-8-4-15(5-9-17)12-13-23(21,22)18-10-6-16(14-20)7-11-18/h4-13H,1-3H3. The zero-order valence-electron chi connectivity index (χ0n) is 13.4. The number of hydrogen-bond acceptors (Lipinski definition) is 3. The molecule has 0 saturated carbocycles. The molecule has 3 nitrogen and oxygen atoms in total. The van der Waals surface area contributed by atoms with Crippen molar-refractivity contribution in [2.24, 2.45) is 0 Å². The molecule has 0 spiro atoms. The van der Waals surface area contributed by atoms with Crippen LogP contribution in [0.5, 0.6) is 0 Å². The topological polar surface area (TPSA) is 57.9 Å². The van der Waals surface area contributed by atoms with Crippen LogP contribution < -0.4 is 0 Å². The fourth-order valence-corrected chi connectivity index (χ4v) is 3.07. The van der Waals surface area contributed by atoms with Crippen molar-refractivity contribution in [3.63, 3.8) is 0 Å². The van der Waals surface area contributed by atoms with E-state index in [0.717, 1.165) is 5.56 Å². The van der Waals surface area contributed by atoms with E-state index in [1.54, 1.807) is 6.08 Å². The van der Waals surface area contributed by atoms with Crippen LogP contribution in [0.15, 0.2) is 58.8 Å². The third-order valence-electron chi connectivity index (χ3n) is 3.53. The molecule has 0 aliphatic carbocycles. The van der Waals surface area contributed by atoms with Crippen molar-refractivity contribution in [2.45, 2.75) is 31.1 Å². The summed E-state index contributed by atoms with van der Waals surface area (Å²) in [5.41, 5.74) is 2.53. The van der Waals surface area contributed by atoms with Crippen molar-refractivity contribution < 1.29 is 8.42 Å². The van der Waals surface area contributed by atoms with Gasteiger partial charge in [0.15, 0.2) is 9.84 Å². The average Bonchev–Trinajstić information content (AvgIpc) is 2.53. The maximum Gasteiger partial charge on any atom is 0.199 e. The van der Waals surface area contributed by atoms with Gasteiger partial charge in [-0.3, -0.25) is 0 Å². The van der Waals surface area contributed by atoms with E-state index in [4.69, 9.17) is 5.26 Å². The van der Waals surface area contributed by atoms with Crippen molar-refractivity contribution in [3.05, 3.63) is 70.6 Å². The number of nitrogens with zero attached hydrogens (tertiary/aromatic N) is 1. The molecule has 0 N–H and O–H groups in total. The number of sulfone groups is 1. The Morgan fingerprint density at radius 1 is 0.957 bits per heavy atom. The van der Waals surface area contributed by atoms with E-state index >= 15 is 0 Å². The van der Waals surface area contributed by atoms with Gasteiger partial charge in [-0.2, -0.15) is 5.26 Å². The van der Waals surface area contributed by atoms with Crippen molar-refractivity contribution in [1.29, 1.82) is 5.26 Å². The molecule has 0 heterocycles. The van der Waals surface area contributed by atoms with E-state index in [1.807, 2.05) is 30.3 Å². The first-order chi connectivity index (χ1) is 10.7. The first kappa shape index (κ1) is 17.0. The summed E-state index contributed by atoms with van der Waals surface area (Å²) in [7, 11) is -3.51. The van der Waals surface area contributed by atoms with Gasteiger partial charge < -0.3 is 0 Å². The predicted octanol–water partition coefficient (Wildman–Crippen LogP) is 4.30. The largest absolute Gasteiger partial charge is 0.219 e. The van der Waals surface area contributed by atoms with Gasteiger partial charge in [-0.15, -0.1) is 0 Å². The Labute approximate surface area is 137 Å². The van der Waals surface area contributed by atoms with Crippen LogP contribution in [-0.4, -0.2) is 8.42 Å². The average molecular weight is 325 g/mol. The normalized spacial score (nSPS) is 12.3. The van der Waals surface area contributed by atoms with Gasteiger partial charge in [0.05, 0.1) is 16.5 Å². The third kappa shape index (κ3) is 4.30. The van der Waals surface area contributed by atoms with Gasteiger partial charge in [-0.1, -0.05) is 45.0 Å². The summed E-state index contributed by atoms with van der Waals surface area (Å²) in [6.07, 6.45) is 1.58. The van der Waals surface area contributed by atoms with E-state index in [2.05, 4.69) is 20.8 Å². The summed E-state index contributed by atoms with van der Waals surface area (Å²) < 4.78 is 24.5. The summed E-state index contributed by atoms with van der Waals surface area (Å²) in [6, 6.07) is 15.7. The lowest BCUT2D eigenvalue weighted by Gasteiger charge is -2.18. The fourth-order valence-electron chi connectivity index (χ4n) is 2.06. The maximum atomic E-state index is 12.3. The maximum absolute atomic E-state index is 12.3.